The number of halogens is 3. The number of nitrogens with one attached hydrogen (secondary N) is 1. The molecule has 0 atom stereocenters. The molecular weight excluding hydrogens is 433 g/mol. The maximum Gasteiger partial charge on any atom is 0.161 e. The molecule has 29 heavy (non-hydrogen) atoms. The molecule has 0 aliphatic rings. The van der Waals surface area contributed by atoms with E-state index in [0.717, 1.165) is 16.8 Å². The van der Waals surface area contributed by atoms with Crippen LogP contribution in [-0.4, -0.2) is 14.2 Å². The standard InChI is InChI=1S/C22H20Cl3NO3/c1-27-20-9-7-15(11-19(20)25)26-12-14-6-8-21(22(10-14)28-2)29-13-16-17(23)4-3-5-18(16)24/h3-11,26H,12-13H2,1-2H3. The number of ether oxygens (including phenoxy) is 3. The van der Waals surface area contributed by atoms with Crippen LogP contribution in [-0.2, 0) is 13.2 Å². The van der Waals surface area contributed by atoms with Gasteiger partial charge in [0.2, 0.25) is 0 Å². The molecule has 0 heterocycles. The lowest BCUT2D eigenvalue weighted by Crippen LogP contribution is -2.02. The quantitative estimate of drug-likeness (QED) is 0.405. The van der Waals surface area contributed by atoms with Crippen molar-refractivity contribution in [1.29, 1.82) is 0 Å². The molecule has 3 aromatic rings. The van der Waals surface area contributed by atoms with Crippen LogP contribution in [0.1, 0.15) is 11.1 Å². The van der Waals surface area contributed by atoms with Gasteiger partial charge in [0.05, 0.1) is 19.2 Å². The second-order valence-corrected chi connectivity index (χ2v) is 7.40. The number of methoxy groups -OCH3 is 2. The van der Waals surface area contributed by atoms with E-state index in [9.17, 15) is 0 Å². The van der Waals surface area contributed by atoms with Gasteiger partial charge in [-0.1, -0.05) is 46.9 Å². The second-order valence-electron chi connectivity index (χ2n) is 6.18. The number of anilines is 1. The van der Waals surface area contributed by atoms with Crippen molar-refractivity contribution in [1.82, 2.24) is 0 Å². The van der Waals surface area contributed by atoms with Gasteiger partial charge in [0.1, 0.15) is 12.4 Å². The van der Waals surface area contributed by atoms with Crippen molar-refractivity contribution in [2.75, 3.05) is 19.5 Å². The first-order valence-corrected chi connectivity index (χ1v) is 9.95. The van der Waals surface area contributed by atoms with Crippen molar-refractivity contribution in [3.05, 3.63) is 80.8 Å². The highest BCUT2D eigenvalue weighted by Crippen LogP contribution is 2.32. The van der Waals surface area contributed by atoms with E-state index >= 15 is 0 Å². The summed E-state index contributed by atoms with van der Waals surface area (Å²) in [6, 6.07) is 16.7. The molecule has 0 spiro atoms. The average molecular weight is 453 g/mol. The molecule has 0 aliphatic carbocycles. The molecule has 0 saturated carbocycles. The molecule has 3 rings (SSSR count). The Bertz CT molecular complexity index is 975. The van der Waals surface area contributed by atoms with Gasteiger partial charge in [-0.25, -0.2) is 0 Å². The molecule has 0 radical (unpaired) electrons. The molecule has 4 nitrogen and oxygen atoms in total. The van der Waals surface area contributed by atoms with Gasteiger partial charge in [0.25, 0.3) is 0 Å². The molecule has 0 aromatic heterocycles. The van der Waals surface area contributed by atoms with Crippen LogP contribution in [0.5, 0.6) is 17.2 Å². The van der Waals surface area contributed by atoms with E-state index in [1.165, 1.54) is 0 Å². The third-order valence-electron chi connectivity index (χ3n) is 4.31. The molecule has 0 unspecified atom stereocenters. The minimum atomic E-state index is 0.247. The Labute approximate surface area is 185 Å². The van der Waals surface area contributed by atoms with Gasteiger partial charge in [-0.2, -0.15) is 0 Å². The molecule has 1 N–H and O–H groups in total. The lowest BCUT2D eigenvalue weighted by atomic mass is 10.2. The van der Waals surface area contributed by atoms with E-state index < -0.39 is 0 Å². The summed E-state index contributed by atoms with van der Waals surface area (Å²) in [6.07, 6.45) is 0. The summed E-state index contributed by atoms with van der Waals surface area (Å²) >= 11 is 18.6. The second kappa shape index (κ2) is 9.97. The van der Waals surface area contributed by atoms with Crippen molar-refractivity contribution < 1.29 is 14.2 Å². The molecule has 0 fully saturated rings. The van der Waals surface area contributed by atoms with Gasteiger partial charge >= 0.3 is 0 Å². The molecule has 0 aliphatic heterocycles. The summed E-state index contributed by atoms with van der Waals surface area (Å²) in [5, 5.41) is 5.01. The minimum absolute atomic E-state index is 0.247. The minimum Gasteiger partial charge on any atom is -0.495 e. The van der Waals surface area contributed by atoms with Gasteiger partial charge in [0.15, 0.2) is 11.5 Å². The van der Waals surface area contributed by atoms with E-state index in [4.69, 9.17) is 49.0 Å². The van der Waals surface area contributed by atoms with Gasteiger partial charge in [-0.3, -0.25) is 0 Å². The predicted octanol–water partition coefficient (Wildman–Crippen LogP) is 6.86. The van der Waals surface area contributed by atoms with Crippen molar-refractivity contribution in [3.8, 4) is 17.2 Å². The van der Waals surface area contributed by atoms with E-state index in [0.29, 0.717) is 38.9 Å². The fourth-order valence-corrected chi connectivity index (χ4v) is 3.51. The lowest BCUT2D eigenvalue weighted by Gasteiger charge is -2.14. The number of hydrogen-bond donors (Lipinski definition) is 1. The van der Waals surface area contributed by atoms with Crippen LogP contribution in [0, 0.1) is 0 Å². The summed E-state index contributed by atoms with van der Waals surface area (Å²) in [7, 11) is 3.19. The zero-order chi connectivity index (χ0) is 20.8. The zero-order valence-corrected chi connectivity index (χ0v) is 18.2. The van der Waals surface area contributed by atoms with Gasteiger partial charge in [0, 0.05) is 27.8 Å². The third-order valence-corrected chi connectivity index (χ3v) is 5.31. The third kappa shape index (κ3) is 5.41. The van der Waals surface area contributed by atoms with Crippen LogP contribution >= 0.6 is 34.8 Å². The highest BCUT2D eigenvalue weighted by atomic mass is 35.5. The fourth-order valence-electron chi connectivity index (χ4n) is 2.74. The summed E-state index contributed by atoms with van der Waals surface area (Å²) < 4.78 is 16.5. The zero-order valence-electron chi connectivity index (χ0n) is 16.0. The van der Waals surface area contributed by atoms with E-state index in [2.05, 4.69) is 5.32 Å². The first-order valence-electron chi connectivity index (χ1n) is 8.82. The molecule has 3 aromatic carbocycles. The molecule has 0 amide bonds. The molecule has 7 heteroatoms. The molecule has 152 valence electrons. The van der Waals surface area contributed by atoms with Crippen molar-refractivity contribution in [2.45, 2.75) is 13.2 Å². The Morgan fingerprint density at radius 3 is 2.10 bits per heavy atom. The van der Waals surface area contributed by atoms with Crippen molar-refractivity contribution >= 4 is 40.5 Å². The Hall–Kier alpha value is -2.27. The Morgan fingerprint density at radius 1 is 0.759 bits per heavy atom. The van der Waals surface area contributed by atoms with Crippen molar-refractivity contribution in [3.63, 3.8) is 0 Å². The van der Waals surface area contributed by atoms with Gasteiger partial charge in [-0.05, 0) is 48.0 Å². The van der Waals surface area contributed by atoms with Gasteiger partial charge < -0.3 is 19.5 Å². The smallest absolute Gasteiger partial charge is 0.161 e. The maximum absolute atomic E-state index is 6.20. The average Bonchev–Trinajstić information content (AvgIpc) is 2.72. The van der Waals surface area contributed by atoms with Crippen molar-refractivity contribution in [2.24, 2.45) is 0 Å². The Kier molecular flexibility index (Phi) is 7.37. The fraction of sp³-hybridized carbons (Fsp3) is 0.182. The summed E-state index contributed by atoms with van der Waals surface area (Å²) in [6.45, 7) is 0.840. The summed E-state index contributed by atoms with van der Waals surface area (Å²) in [5.41, 5.74) is 2.65. The largest absolute Gasteiger partial charge is 0.495 e. The molecule has 0 saturated heterocycles. The number of rotatable bonds is 8. The van der Waals surface area contributed by atoms with E-state index in [-0.39, 0.29) is 6.61 Å². The highest BCUT2D eigenvalue weighted by molar-refractivity contribution is 6.36. The first kappa shape index (κ1) is 21.4. The topological polar surface area (TPSA) is 39.7 Å². The summed E-state index contributed by atoms with van der Waals surface area (Å²) in [5.74, 6) is 1.87. The number of hydrogen-bond acceptors (Lipinski definition) is 4. The lowest BCUT2D eigenvalue weighted by molar-refractivity contribution is 0.284. The normalized spacial score (nSPS) is 10.5. The van der Waals surface area contributed by atoms with Crippen LogP contribution in [0.3, 0.4) is 0 Å². The monoisotopic (exact) mass is 451 g/mol. The van der Waals surface area contributed by atoms with Crippen LogP contribution in [0.2, 0.25) is 15.1 Å². The van der Waals surface area contributed by atoms with E-state index in [1.807, 2.05) is 36.4 Å². The van der Waals surface area contributed by atoms with E-state index in [1.54, 1.807) is 32.4 Å². The van der Waals surface area contributed by atoms with Crippen LogP contribution in [0.15, 0.2) is 54.6 Å². The van der Waals surface area contributed by atoms with Gasteiger partial charge in [-0.15, -0.1) is 0 Å². The van der Waals surface area contributed by atoms with Crippen LogP contribution < -0.4 is 19.5 Å². The first-order chi connectivity index (χ1) is 14.0. The molecular formula is C22H20Cl3NO3. The maximum atomic E-state index is 6.20. The Balaban J connectivity index is 1.67. The Morgan fingerprint density at radius 2 is 1.45 bits per heavy atom. The SMILES string of the molecule is COc1ccc(NCc2ccc(OCc3c(Cl)cccc3Cl)c(OC)c2)cc1Cl. The highest BCUT2D eigenvalue weighted by Gasteiger charge is 2.10. The van der Waals surface area contributed by atoms with Crippen LogP contribution in [0.25, 0.3) is 0 Å². The predicted molar refractivity (Wildman–Crippen MR) is 119 cm³/mol. The molecule has 0 bridgehead atoms. The van der Waals surface area contributed by atoms with Crippen LogP contribution in [0.4, 0.5) is 5.69 Å². The number of benzene rings is 3. The summed E-state index contributed by atoms with van der Waals surface area (Å²) in [4.78, 5) is 0.